The molecule has 1 aliphatic heterocycles. The van der Waals surface area contributed by atoms with Gasteiger partial charge in [-0.3, -0.25) is 9.78 Å². The van der Waals surface area contributed by atoms with Crippen molar-refractivity contribution in [3.8, 4) is 0 Å². The summed E-state index contributed by atoms with van der Waals surface area (Å²) in [7, 11) is 0. The zero-order valence-corrected chi connectivity index (χ0v) is 9.80. The van der Waals surface area contributed by atoms with Gasteiger partial charge in [-0.15, -0.1) is 12.4 Å². The number of carbonyl (C=O) groups is 1. The predicted octanol–water partition coefficient (Wildman–Crippen LogP) is 0.872. The molecular formula is C11H16ClN3O. The predicted molar refractivity (Wildman–Crippen MR) is 64.4 cm³/mol. The first kappa shape index (κ1) is 12.9. The largest absolute Gasteiger partial charge is 0.351 e. The molecule has 1 aromatic heterocycles. The van der Waals surface area contributed by atoms with Gasteiger partial charge in [0.1, 0.15) is 0 Å². The van der Waals surface area contributed by atoms with Crippen molar-refractivity contribution in [3.63, 3.8) is 0 Å². The van der Waals surface area contributed by atoms with Gasteiger partial charge in [0.2, 0.25) is 5.91 Å². The van der Waals surface area contributed by atoms with E-state index in [0.29, 0.717) is 6.54 Å². The van der Waals surface area contributed by atoms with Crippen molar-refractivity contribution < 1.29 is 4.79 Å². The molecule has 16 heavy (non-hydrogen) atoms. The Morgan fingerprint density at radius 1 is 1.62 bits per heavy atom. The lowest BCUT2D eigenvalue weighted by Crippen LogP contribution is -2.39. The molecule has 0 saturated carbocycles. The molecule has 2 N–H and O–H groups in total. The Bertz CT molecular complexity index is 325. The summed E-state index contributed by atoms with van der Waals surface area (Å²) in [5.74, 6) is 0.0938. The maximum Gasteiger partial charge on any atom is 0.237 e. The van der Waals surface area contributed by atoms with E-state index in [0.717, 1.165) is 24.9 Å². The molecule has 1 aromatic rings. The van der Waals surface area contributed by atoms with Crippen LogP contribution in [0.4, 0.5) is 0 Å². The van der Waals surface area contributed by atoms with E-state index < -0.39 is 0 Å². The maximum atomic E-state index is 11.6. The lowest BCUT2D eigenvalue weighted by Gasteiger charge is -2.10. The van der Waals surface area contributed by atoms with Crippen LogP contribution < -0.4 is 10.6 Å². The number of hydrogen-bond acceptors (Lipinski definition) is 3. The normalized spacial score (nSPS) is 18.9. The van der Waals surface area contributed by atoms with Crippen molar-refractivity contribution in [2.75, 3.05) is 6.54 Å². The molecule has 0 aliphatic carbocycles. The van der Waals surface area contributed by atoms with Gasteiger partial charge in [-0.2, -0.15) is 0 Å². The molecule has 5 heteroatoms. The van der Waals surface area contributed by atoms with Crippen LogP contribution in [-0.2, 0) is 11.3 Å². The van der Waals surface area contributed by atoms with Gasteiger partial charge in [-0.25, -0.2) is 0 Å². The topological polar surface area (TPSA) is 54.0 Å². The van der Waals surface area contributed by atoms with E-state index in [9.17, 15) is 4.79 Å². The van der Waals surface area contributed by atoms with Crippen LogP contribution >= 0.6 is 12.4 Å². The number of carbonyl (C=O) groups excluding carboxylic acids is 1. The Morgan fingerprint density at radius 3 is 3.12 bits per heavy atom. The smallest absolute Gasteiger partial charge is 0.237 e. The molecule has 4 nitrogen and oxygen atoms in total. The van der Waals surface area contributed by atoms with Gasteiger partial charge in [0, 0.05) is 18.9 Å². The van der Waals surface area contributed by atoms with Gasteiger partial charge in [-0.05, 0) is 31.0 Å². The Balaban J connectivity index is 0.00000128. The fraction of sp³-hybridized carbons (Fsp3) is 0.455. The first-order chi connectivity index (χ1) is 7.36. The zero-order chi connectivity index (χ0) is 10.5. The molecule has 1 fully saturated rings. The minimum Gasteiger partial charge on any atom is -0.351 e. The van der Waals surface area contributed by atoms with Crippen molar-refractivity contribution >= 4 is 18.3 Å². The van der Waals surface area contributed by atoms with E-state index in [2.05, 4.69) is 15.6 Å². The molecule has 1 aliphatic rings. The fourth-order valence-corrected chi connectivity index (χ4v) is 1.72. The Morgan fingerprint density at radius 2 is 2.50 bits per heavy atom. The highest BCUT2D eigenvalue weighted by Gasteiger charge is 2.21. The number of halogens is 1. The van der Waals surface area contributed by atoms with Gasteiger partial charge in [-0.1, -0.05) is 6.07 Å². The molecule has 1 unspecified atom stereocenters. The highest BCUT2D eigenvalue weighted by molar-refractivity contribution is 5.85. The maximum absolute atomic E-state index is 11.6. The van der Waals surface area contributed by atoms with E-state index in [4.69, 9.17) is 0 Å². The van der Waals surface area contributed by atoms with Crippen molar-refractivity contribution in [1.29, 1.82) is 0 Å². The number of nitrogens with zero attached hydrogens (tertiary/aromatic N) is 1. The number of hydrogen-bond donors (Lipinski definition) is 2. The monoisotopic (exact) mass is 241 g/mol. The third-order valence-corrected chi connectivity index (χ3v) is 2.57. The van der Waals surface area contributed by atoms with E-state index in [1.165, 1.54) is 0 Å². The average molecular weight is 242 g/mol. The van der Waals surface area contributed by atoms with Crippen LogP contribution in [0.15, 0.2) is 24.5 Å². The van der Waals surface area contributed by atoms with Crippen LogP contribution in [0.1, 0.15) is 18.4 Å². The van der Waals surface area contributed by atoms with Gasteiger partial charge >= 0.3 is 0 Å². The van der Waals surface area contributed by atoms with E-state index >= 15 is 0 Å². The van der Waals surface area contributed by atoms with Gasteiger partial charge < -0.3 is 10.6 Å². The second-order valence-corrected chi connectivity index (χ2v) is 3.73. The van der Waals surface area contributed by atoms with Crippen LogP contribution in [0.3, 0.4) is 0 Å². The second-order valence-electron chi connectivity index (χ2n) is 3.73. The summed E-state index contributed by atoms with van der Waals surface area (Å²) < 4.78 is 0. The summed E-state index contributed by atoms with van der Waals surface area (Å²) in [6, 6.07) is 3.83. The summed E-state index contributed by atoms with van der Waals surface area (Å²) in [4.78, 5) is 15.6. The first-order valence-corrected chi connectivity index (χ1v) is 5.26. The number of nitrogens with one attached hydrogen (secondary N) is 2. The average Bonchev–Trinajstić information content (AvgIpc) is 2.81. The summed E-state index contributed by atoms with van der Waals surface area (Å²) >= 11 is 0. The van der Waals surface area contributed by atoms with E-state index in [1.807, 2.05) is 12.1 Å². The summed E-state index contributed by atoms with van der Waals surface area (Å²) in [5, 5.41) is 6.06. The van der Waals surface area contributed by atoms with Crippen molar-refractivity contribution in [3.05, 3.63) is 30.1 Å². The molecule has 0 bridgehead atoms. The van der Waals surface area contributed by atoms with Crippen molar-refractivity contribution in [1.82, 2.24) is 15.6 Å². The summed E-state index contributed by atoms with van der Waals surface area (Å²) in [5.41, 5.74) is 1.03. The fourth-order valence-electron chi connectivity index (χ4n) is 1.72. The quantitative estimate of drug-likeness (QED) is 0.826. The van der Waals surface area contributed by atoms with Crippen molar-refractivity contribution in [2.45, 2.75) is 25.4 Å². The molecular weight excluding hydrogens is 226 g/mol. The van der Waals surface area contributed by atoms with Crippen LogP contribution in [0.5, 0.6) is 0 Å². The molecule has 0 aromatic carbocycles. The Kier molecular flexibility index (Phi) is 5.22. The minimum absolute atomic E-state index is 0. The van der Waals surface area contributed by atoms with Crippen LogP contribution in [0.25, 0.3) is 0 Å². The van der Waals surface area contributed by atoms with Gasteiger partial charge in [0.15, 0.2) is 0 Å². The number of amides is 1. The molecule has 1 saturated heterocycles. The van der Waals surface area contributed by atoms with E-state index in [-0.39, 0.29) is 24.4 Å². The molecule has 88 valence electrons. The van der Waals surface area contributed by atoms with Crippen molar-refractivity contribution in [2.24, 2.45) is 0 Å². The lowest BCUT2D eigenvalue weighted by molar-refractivity contribution is -0.122. The number of rotatable bonds is 3. The summed E-state index contributed by atoms with van der Waals surface area (Å²) in [6.45, 7) is 1.51. The number of pyridine rings is 1. The minimum atomic E-state index is 0. The Hall–Kier alpha value is -1.13. The third kappa shape index (κ3) is 3.47. The molecule has 1 amide bonds. The summed E-state index contributed by atoms with van der Waals surface area (Å²) in [6.07, 6.45) is 5.52. The molecule has 2 heterocycles. The third-order valence-electron chi connectivity index (χ3n) is 2.57. The molecule has 2 rings (SSSR count). The second kappa shape index (κ2) is 6.45. The zero-order valence-electron chi connectivity index (χ0n) is 8.98. The standard InChI is InChI=1S/C11H15N3O.ClH/c15-11(10-4-2-6-13-10)14-8-9-3-1-5-12-7-9;/h1,3,5,7,10,13H,2,4,6,8H2,(H,14,15);1H. The first-order valence-electron chi connectivity index (χ1n) is 5.26. The van der Waals surface area contributed by atoms with Crippen LogP contribution in [-0.4, -0.2) is 23.5 Å². The van der Waals surface area contributed by atoms with E-state index in [1.54, 1.807) is 12.4 Å². The number of aromatic nitrogens is 1. The SMILES string of the molecule is Cl.O=C(NCc1cccnc1)C1CCCN1. The van der Waals surface area contributed by atoms with Crippen LogP contribution in [0.2, 0.25) is 0 Å². The van der Waals surface area contributed by atoms with Crippen LogP contribution in [0, 0.1) is 0 Å². The lowest BCUT2D eigenvalue weighted by atomic mass is 10.2. The molecule has 1 atom stereocenters. The van der Waals surface area contributed by atoms with Gasteiger partial charge in [0.05, 0.1) is 6.04 Å². The Labute approximate surface area is 101 Å². The highest BCUT2D eigenvalue weighted by atomic mass is 35.5. The molecule has 0 radical (unpaired) electrons. The molecule has 0 spiro atoms. The highest BCUT2D eigenvalue weighted by Crippen LogP contribution is 2.05. The van der Waals surface area contributed by atoms with Gasteiger partial charge in [0.25, 0.3) is 0 Å².